The number of amides is 3. The van der Waals surface area contributed by atoms with Crippen LogP contribution in [0, 0.1) is 19.5 Å². The monoisotopic (exact) mass is 570 g/mol. The maximum atomic E-state index is 12.6. The molecule has 3 amide bonds. The van der Waals surface area contributed by atoms with Crippen molar-refractivity contribution in [3.8, 4) is 18.1 Å². The summed E-state index contributed by atoms with van der Waals surface area (Å²) in [5.41, 5.74) is 1.54. The van der Waals surface area contributed by atoms with Crippen LogP contribution in [0.4, 0.5) is 10.5 Å². The summed E-state index contributed by atoms with van der Waals surface area (Å²) in [5.74, 6) is 2.75. The van der Waals surface area contributed by atoms with Gasteiger partial charge in [0.1, 0.15) is 18.1 Å². The number of halogens is 2. The van der Waals surface area contributed by atoms with Crippen LogP contribution in [-0.2, 0) is 4.79 Å². The maximum Gasteiger partial charge on any atom is 0.333 e. The Kier molecular flexibility index (Phi) is 5.83. The highest BCUT2D eigenvalue weighted by Gasteiger charge is 2.34. The number of ether oxygens (including phenoxy) is 1. The number of benzene rings is 2. The highest BCUT2D eigenvalue weighted by molar-refractivity contribution is 14.1. The van der Waals surface area contributed by atoms with Gasteiger partial charge >= 0.3 is 6.03 Å². The summed E-state index contributed by atoms with van der Waals surface area (Å²) in [6, 6.07) is 12.1. The van der Waals surface area contributed by atoms with Crippen LogP contribution in [0.15, 0.2) is 48.2 Å². The molecule has 0 bridgehead atoms. The molecule has 1 N–H and O–H groups in total. The zero-order valence-corrected chi connectivity index (χ0v) is 17.6. The lowest BCUT2D eigenvalue weighted by atomic mass is 10.2. The second-order valence-electron chi connectivity index (χ2n) is 5.27. The Morgan fingerprint density at radius 1 is 1.15 bits per heavy atom. The van der Waals surface area contributed by atoms with Crippen LogP contribution in [0.25, 0.3) is 6.08 Å². The Bertz CT molecular complexity index is 926. The molecular weight excluding hydrogens is 558 g/mol. The molecule has 1 aliphatic rings. The van der Waals surface area contributed by atoms with Crippen LogP contribution in [0.5, 0.6) is 5.75 Å². The summed E-state index contributed by atoms with van der Waals surface area (Å²) in [6.07, 6.45) is 6.88. The van der Waals surface area contributed by atoms with E-state index in [1.807, 2.05) is 18.2 Å². The summed E-state index contributed by atoms with van der Waals surface area (Å²) in [5, 5.41) is 2.62. The lowest BCUT2D eigenvalue weighted by Crippen LogP contribution is -2.30. The first-order valence-electron chi connectivity index (χ1n) is 7.48. The van der Waals surface area contributed by atoms with Crippen LogP contribution < -0.4 is 15.0 Å². The summed E-state index contributed by atoms with van der Waals surface area (Å²) in [6.45, 7) is 0.188. The van der Waals surface area contributed by atoms with Gasteiger partial charge in [0, 0.05) is 0 Å². The zero-order chi connectivity index (χ0) is 18.7. The van der Waals surface area contributed by atoms with Gasteiger partial charge in [-0.1, -0.05) is 24.1 Å². The van der Waals surface area contributed by atoms with Crippen molar-refractivity contribution in [3.05, 3.63) is 60.9 Å². The number of anilines is 1. The number of hydrogen-bond donors (Lipinski definition) is 1. The molecule has 0 saturated carbocycles. The van der Waals surface area contributed by atoms with Gasteiger partial charge in [-0.05, 0) is 81.1 Å². The fourth-order valence-corrected chi connectivity index (χ4v) is 4.56. The average Bonchev–Trinajstić information content (AvgIpc) is 2.88. The number of imide groups is 1. The van der Waals surface area contributed by atoms with Gasteiger partial charge in [0.25, 0.3) is 5.91 Å². The molecular formula is C19H12I2N2O3. The molecule has 0 atom stereocenters. The minimum absolute atomic E-state index is 0.188. The molecule has 0 aromatic heterocycles. The molecule has 0 spiro atoms. The van der Waals surface area contributed by atoms with E-state index in [0.29, 0.717) is 11.4 Å². The highest BCUT2D eigenvalue weighted by atomic mass is 127. The highest BCUT2D eigenvalue weighted by Crippen LogP contribution is 2.30. The SMILES string of the molecule is C#CCOc1c(I)cc(C=C2NC(=O)N(c3ccccc3)C2=O)cc1I. The van der Waals surface area contributed by atoms with Gasteiger partial charge in [0.05, 0.1) is 12.8 Å². The van der Waals surface area contributed by atoms with Gasteiger partial charge < -0.3 is 10.1 Å². The Labute approximate surface area is 178 Å². The van der Waals surface area contributed by atoms with Gasteiger partial charge in [-0.2, -0.15) is 0 Å². The predicted octanol–water partition coefficient (Wildman–Crippen LogP) is 4.01. The van der Waals surface area contributed by atoms with Crippen LogP contribution in [-0.4, -0.2) is 18.5 Å². The lowest BCUT2D eigenvalue weighted by Gasteiger charge is -2.11. The van der Waals surface area contributed by atoms with Gasteiger partial charge in [-0.3, -0.25) is 4.79 Å². The van der Waals surface area contributed by atoms with Crippen molar-refractivity contribution in [2.24, 2.45) is 0 Å². The van der Waals surface area contributed by atoms with E-state index in [9.17, 15) is 9.59 Å². The predicted molar refractivity (Wildman–Crippen MR) is 117 cm³/mol. The number of carbonyl (C=O) groups excluding carboxylic acids is 2. The molecule has 26 heavy (non-hydrogen) atoms. The first-order chi connectivity index (χ1) is 12.5. The number of nitrogens with one attached hydrogen (secondary N) is 1. The topological polar surface area (TPSA) is 58.6 Å². The standard InChI is InChI=1S/C19H12I2N2O3/c1-2-8-26-17-14(20)9-12(10-15(17)21)11-16-18(24)23(19(25)22-16)13-6-4-3-5-7-13/h1,3-7,9-11H,8H2,(H,22,25). The number of carbonyl (C=O) groups is 2. The zero-order valence-electron chi connectivity index (χ0n) is 13.3. The first-order valence-corrected chi connectivity index (χ1v) is 9.64. The molecule has 0 unspecified atom stereocenters. The summed E-state index contributed by atoms with van der Waals surface area (Å²) >= 11 is 4.30. The molecule has 1 aliphatic heterocycles. The third kappa shape index (κ3) is 3.86. The molecule has 7 heteroatoms. The van der Waals surface area contributed by atoms with Crippen LogP contribution >= 0.6 is 45.2 Å². The van der Waals surface area contributed by atoms with Crippen molar-refractivity contribution in [1.29, 1.82) is 0 Å². The van der Waals surface area contributed by atoms with Crippen molar-refractivity contribution < 1.29 is 14.3 Å². The third-order valence-electron chi connectivity index (χ3n) is 3.52. The second-order valence-corrected chi connectivity index (χ2v) is 7.60. The molecule has 3 rings (SSSR count). The van der Waals surface area contributed by atoms with Gasteiger partial charge in [-0.15, -0.1) is 6.42 Å². The van der Waals surface area contributed by atoms with Crippen molar-refractivity contribution in [3.63, 3.8) is 0 Å². The van der Waals surface area contributed by atoms with E-state index in [2.05, 4.69) is 56.4 Å². The largest absolute Gasteiger partial charge is 0.479 e. The van der Waals surface area contributed by atoms with Crippen LogP contribution in [0.3, 0.4) is 0 Å². The average molecular weight is 570 g/mol. The van der Waals surface area contributed by atoms with E-state index in [4.69, 9.17) is 11.2 Å². The number of hydrogen-bond acceptors (Lipinski definition) is 3. The summed E-state index contributed by atoms with van der Waals surface area (Å²) in [7, 11) is 0. The second kappa shape index (κ2) is 8.09. The van der Waals surface area contributed by atoms with Crippen LogP contribution in [0.2, 0.25) is 0 Å². The Hall–Kier alpha value is -2.06. The number of nitrogens with zero attached hydrogens (tertiary/aromatic N) is 1. The van der Waals surface area contributed by atoms with Crippen molar-refractivity contribution in [2.75, 3.05) is 11.5 Å². The molecule has 0 radical (unpaired) electrons. The minimum atomic E-state index is -0.467. The van der Waals surface area contributed by atoms with E-state index in [1.165, 1.54) is 0 Å². The van der Waals surface area contributed by atoms with E-state index in [1.54, 1.807) is 30.3 Å². The van der Waals surface area contributed by atoms with Crippen molar-refractivity contribution in [1.82, 2.24) is 5.32 Å². The summed E-state index contributed by atoms with van der Waals surface area (Å²) < 4.78 is 7.28. The molecule has 1 saturated heterocycles. The van der Waals surface area contributed by atoms with Gasteiger partial charge in [0.15, 0.2) is 0 Å². The maximum absolute atomic E-state index is 12.6. The Balaban J connectivity index is 1.90. The van der Waals surface area contributed by atoms with E-state index in [0.717, 1.165) is 17.6 Å². The smallest absolute Gasteiger partial charge is 0.333 e. The number of para-hydroxylation sites is 1. The number of terminal acetylenes is 1. The first kappa shape index (κ1) is 18.7. The Morgan fingerprint density at radius 3 is 2.42 bits per heavy atom. The molecule has 2 aromatic rings. The lowest BCUT2D eigenvalue weighted by molar-refractivity contribution is -0.113. The third-order valence-corrected chi connectivity index (χ3v) is 5.13. The van der Waals surface area contributed by atoms with Crippen molar-refractivity contribution >= 4 is 68.9 Å². The molecule has 0 aliphatic carbocycles. The molecule has 1 heterocycles. The number of rotatable bonds is 4. The van der Waals surface area contributed by atoms with Crippen LogP contribution in [0.1, 0.15) is 5.56 Å². The fourth-order valence-electron chi connectivity index (χ4n) is 2.43. The van der Waals surface area contributed by atoms with E-state index >= 15 is 0 Å². The molecule has 130 valence electrons. The normalized spacial score (nSPS) is 15.1. The summed E-state index contributed by atoms with van der Waals surface area (Å²) in [4.78, 5) is 25.9. The molecule has 1 fully saturated rings. The Morgan fingerprint density at radius 2 is 1.81 bits per heavy atom. The van der Waals surface area contributed by atoms with Gasteiger partial charge in [0.2, 0.25) is 0 Å². The van der Waals surface area contributed by atoms with E-state index < -0.39 is 6.03 Å². The molecule has 5 nitrogen and oxygen atoms in total. The number of urea groups is 1. The van der Waals surface area contributed by atoms with Crippen molar-refractivity contribution in [2.45, 2.75) is 0 Å². The fraction of sp³-hybridized carbons (Fsp3) is 0.0526. The minimum Gasteiger partial charge on any atom is -0.479 e. The quantitative estimate of drug-likeness (QED) is 0.262. The molecule has 2 aromatic carbocycles. The van der Waals surface area contributed by atoms with E-state index in [-0.39, 0.29) is 18.2 Å². The van der Waals surface area contributed by atoms with Gasteiger partial charge in [-0.25, -0.2) is 9.69 Å².